The summed E-state index contributed by atoms with van der Waals surface area (Å²) in [5, 5.41) is 7.10. The van der Waals surface area contributed by atoms with Gasteiger partial charge in [0.2, 0.25) is 5.91 Å². The lowest BCUT2D eigenvalue weighted by Crippen LogP contribution is -2.51. The Morgan fingerprint density at radius 2 is 1.78 bits per heavy atom. The van der Waals surface area contributed by atoms with Crippen molar-refractivity contribution < 1.29 is 13.6 Å². The Bertz CT molecular complexity index is 723. The second-order valence-electron chi connectivity index (χ2n) is 9.51. The predicted octanol–water partition coefficient (Wildman–Crippen LogP) is 4.68. The highest BCUT2D eigenvalue weighted by Gasteiger charge is 2.50. The van der Waals surface area contributed by atoms with Gasteiger partial charge in [0.15, 0.2) is 0 Å². The monoisotopic (exact) mass is 397 g/mol. The smallest absolute Gasteiger partial charge is 0.283 e. The van der Waals surface area contributed by atoms with E-state index in [1.165, 1.54) is 43.2 Å². The first-order chi connectivity index (χ1) is 12.9. The molecular weight excluding hydrogens is 372 g/mol. The van der Waals surface area contributed by atoms with Crippen molar-refractivity contribution in [3.63, 3.8) is 0 Å². The zero-order valence-corrected chi connectivity index (χ0v) is 16.2. The minimum absolute atomic E-state index is 0.0232. The number of hydrogen-bond acceptors (Lipinski definition) is 2. The maximum atomic E-state index is 13.2. The van der Waals surface area contributed by atoms with E-state index in [0.29, 0.717) is 12.2 Å². The molecule has 1 N–H and O–H groups in total. The molecule has 0 spiro atoms. The van der Waals surface area contributed by atoms with Crippen LogP contribution < -0.4 is 5.32 Å². The van der Waals surface area contributed by atoms with Crippen molar-refractivity contribution in [1.82, 2.24) is 15.1 Å². The fourth-order valence-corrected chi connectivity index (χ4v) is 6.84. The number of aromatic nitrogens is 2. The molecule has 4 bridgehead atoms. The molecule has 6 rings (SSSR count). The summed E-state index contributed by atoms with van der Waals surface area (Å²) in [7, 11) is 0. The molecule has 148 valence electrons. The zero-order chi connectivity index (χ0) is 18.8. The van der Waals surface area contributed by atoms with Crippen LogP contribution in [-0.2, 0) is 11.3 Å². The lowest BCUT2D eigenvalue weighted by atomic mass is 9.49. The van der Waals surface area contributed by atoms with E-state index in [-0.39, 0.29) is 28.8 Å². The summed E-state index contributed by atoms with van der Waals surface area (Å²) in [6.07, 6.45) is 6.94. The number of amides is 1. The van der Waals surface area contributed by atoms with Crippen LogP contribution in [-0.4, -0.2) is 22.2 Å². The molecular formula is C20H26ClF2N3O. The van der Waals surface area contributed by atoms with Gasteiger partial charge < -0.3 is 5.32 Å². The number of carbonyl (C=O) groups is 1. The van der Waals surface area contributed by atoms with Gasteiger partial charge in [0.1, 0.15) is 12.2 Å². The first-order valence-corrected chi connectivity index (χ1v) is 10.6. The minimum Gasteiger partial charge on any atom is -0.354 e. The van der Waals surface area contributed by atoms with E-state index in [1.54, 1.807) is 0 Å². The number of hydrogen-bond donors (Lipinski definition) is 1. The van der Waals surface area contributed by atoms with Crippen molar-refractivity contribution in [2.75, 3.05) is 6.54 Å². The van der Waals surface area contributed by atoms with Gasteiger partial charge >= 0.3 is 0 Å². The number of alkyl halides is 2. The van der Waals surface area contributed by atoms with Crippen LogP contribution in [0.25, 0.3) is 0 Å². The Morgan fingerprint density at radius 1 is 1.19 bits per heavy atom. The average molecular weight is 398 g/mol. The highest BCUT2D eigenvalue weighted by Crippen LogP contribution is 2.59. The number of carbonyl (C=O) groups excluding carboxylic acids is 1. The standard InChI is InChI=1S/C20H26ClF2N3O/c21-16-17(19(22)23)25-26(18(16)14-1-2-14)9-15(27)24-10-20-6-11-3-12(7-20)5-13(4-11)8-20/h11-14,19H,1-10H2,(H,24,27). The molecule has 0 unspecified atom stereocenters. The van der Waals surface area contributed by atoms with Crippen molar-refractivity contribution in [1.29, 1.82) is 0 Å². The molecule has 4 nitrogen and oxygen atoms in total. The zero-order valence-electron chi connectivity index (χ0n) is 15.4. The number of nitrogens with one attached hydrogen (secondary N) is 1. The van der Waals surface area contributed by atoms with Crippen LogP contribution in [0.5, 0.6) is 0 Å². The Labute approximate surface area is 163 Å². The van der Waals surface area contributed by atoms with E-state index < -0.39 is 12.1 Å². The van der Waals surface area contributed by atoms with E-state index in [2.05, 4.69) is 10.4 Å². The summed E-state index contributed by atoms with van der Waals surface area (Å²) in [6, 6.07) is 0. The molecule has 5 aliphatic carbocycles. The predicted molar refractivity (Wildman–Crippen MR) is 97.8 cm³/mol. The largest absolute Gasteiger partial charge is 0.354 e. The van der Waals surface area contributed by atoms with E-state index in [9.17, 15) is 13.6 Å². The lowest BCUT2D eigenvalue weighted by molar-refractivity contribution is -0.124. The Balaban J connectivity index is 1.26. The van der Waals surface area contributed by atoms with Gasteiger partial charge in [-0.15, -0.1) is 0 Å². The first kappa shape index (κ1) is 17.9. The molecule has 0 atom stereocenters. The maximum absolute atomic E-state index is 13.2. The van der Waals surface area contributed by atoms with E-state index in [4.69, 9.17) is 11.6 Å². The molecule has 7 heteroatoms. The third kappa shape index (κ3) is 3.28. The SMILES string of the molecule is O=C(Cn1nc(C(F)F)c(Cl)c1C1CC1)NCC12CC3CC(CC(C3)C1)C2. The van der Waals surface area contributed by atoms with Gasteiger partial charge in [0, 0.05) is 12.5 Å². The normalized spacial score (nSPS) is 34.4. The van der Waals surface area contributed by atoms with Crippen molar-refractivity contribution in [2.45, 2.75) is 70.3 Å². The van der Waals surface area contributed by atoms with Gasteiger partial charge in [-0.05, 0) is 74.5 Å². The highest BCUT2D eigenvalue weighted by molar-refractivity contribution is 6.32. The molecule has 1 aromatic rings. The van der Waals surface area contributed by atoms with Crippen LogP contribution in [0.4, 0.5) is 8.78 Å². The Hall–Kier alpha value is -1.17. The summed E-state index contributed by atoms with van der Waals surface area (Å²) in [6.45, 7) is 0.690. The third-order valence-corrected chi connectivity index (χ3v) is 7.63. The minimum atomic E-state index is -2.72. The molecule has 1 amide bonds. The van der Waals surface area contributed by atoms with Crippen LogP contribution in [0.3, 0.4) is 0 Å². The van der Waals surface area contributed by atoms with Crippen molar-refractivity contribution >= 4 is 17.5 Å². The quantitative estimate of drug-likeness (QED) is 0.757. The van der Waals surface area contributed by atoms with E-state index in [1.807, 2.05) is 0 Å². The molecule has 5 saturated carbocycles. The summed E-state index contributed by atoms with van der Waals surface area (Å²) in [4.78, 5) is 12.6. The van der Waals surface area contributed by atoms with Crippen molar-refractivity contribution in [2.24, 2.45) is 23.2 Å². The lowest BCUT2D eigenvalue weighted by Gasteiger charge is -2.56. The average Bonchev–Trinajstić information content (AvgIpc) is 3.36. The summed E-state index contributed by atoms with van der Waals surface area (Å²) >= 11 is 6.14. The van der Waals surface area contributed by atoms with Gasteiger partial charge in [-0.3, -0.25) is 9.48 Å². The molecule has 0 radical (unpaired) electrons. The molecule has 5 fully saturated rings. The van der Waals surface area contributed by atoms with E-state index in [0.717, 1.165) is 30.6 Å². The maximum Gasteiger partial charge on any atom is 0.283 e. The fourth-order valence-electron chi connectivity index (χ4n) is 6.46. The number of rotatable bonds is 6. The summed E-state index contributed by atoms with van der Waals surface area (Å²) in [5.41, 5.74) is 0.476. The van der Waals surface area contributed by atoms with Gasteiger partial charge in [-0.2, -0.15) is 5.10 Å². The van der Waals surface area contributed by atoms with Gasteiger partial charge in [0.05, 0.1) is 10.7 Å². The van der Waals surface area contributed by atoms with Crippen LogP contribution in [0, 0.1) is 23.2 Å². The second-order valence-corrected chi connectivity index (χ2v) is 9.89. The molecule has 0 aliphatic heterocycles. The van der Waals surface area contributed by atoms with Crippen LogP contribution >= 0.6 is 11.6 Å². The number of halogens is 3. The Kier molecular flexibility index (Phi) is 4.26. The van der Waals surface area contributed by atoms with Crippen molar-refractivity contribution in [3.8, 4) is 0 Å². The molecule has 0 aromatic carbocycles. The van der Waals surface area contributed by atoms with Crippen LogP contribution in [0.2, 0.25) is 5.02 Å². The topological polar surface area (TPSA) is 46.9 Å². The fraction of sp³-hybridized carbons (Fsp3) is 0.800. The van der Waals surface area contributed by atoms with Gasteiger partial charge in [0.25, 0.3) is 6.43 Å². The number of nitrogens with zero attached hydrogens (tertiary/aromatic N) is 2. The highest BCUT2D eigenvalue weighted by atomic mass is 35.5. The third-order valence-electron chi connectivity index (χ3n) is 7.25. The van der Waals surface area contributed by atoms with Crippen molar-refractivity contribution in [3.05, 3.63) is 16.4 Å². The Morgan fingerprint density at radius 3 is 2.30 bits per heavy atom. The summed E-state index contributed by atoms with van der Waals surface area (Å²) in [5.74, 6) is 2.54. The van der Waals surface area contributed by atoms with Crippen LogP contribution in [0.15, 0.2) is 0 Å². The molecule has 1 heterocycles. The molecule has 5 aliphatic rings. The van der Waals surface area contributed by atoms with Crippen LogP contribution in [0.1, 0.15) is 75.1 Å². The van der Waals surface area contributed by atoms with Gasteiger partial charge in [-0.1, -0.05) is 11.6 Å². The first-order valence-electron chi connectivity index (χ1n) is 10.2. The van der Waals surface area contributed by atoms with Gasteiger partial charge in [-0.25, -0.2) is 8.78 Å². The van der Waals surface area contributed by atoms with E-state index >= 15 is 0 Å². The molecule has 27 heavy (non-hydrogen) atoms. The summed E-state index contributed by atoms with van der Waals surface area (Å²) < 4.78 is 27.7. The molecule has 0 saturated heterocycles. The second kappa shape index (κ2) is 6.43. The molecule has 1 aromatic heterocycles.